The number of rotatable bonds is 6. The quantitative estimate of drug-likeness (QED) is 0.593. The molecule has 0 atom stereocenters. The lowest BCUT2D eigenvalue weighted by molar-refractivity contribution is -0.137. The average molecular weight is 433 g/mol. The Morgan fingerprint density at radius 1 is 0.933 bits per heavy atom. The van der Waals surface area contributed by atoms with Crippen LogP contribution in [0.1, 0.15) is 21.5 Å². The SMILES string of the molecule is Cc1ccc(C(=O)NCC(F)(F)F)cc1NCC(=O)Nc1ccccc1C(F)(F)F. The number of anilines is 2. The van der Waals surface area contributed by atoms with Crippen molar-refractivity contribution in [3.05, 3.63) is 59.2 Å². The number of alkyl halides is 6. The number of hydrogen-bond donors (Lipinski definition) is 3. The van der Waals surface area contributed by atoms with Gasteiger partial charge in [0.1, 0.15) is 6.54 Å². The third kappa shape index (κ3) is 6.68. The van der Waals surface area contributed by atoms with Gasteiger partial charge in [0.05, 0.1) is 17.8 Å². The molecule has 0 aromatic heterocycles. The molecule has 0 saturated heterocycles. The van der Waals surface area contributed by atoms with Crippen molar-refractivity contribution in [1.29, 1.82) is 0 Å². The summed E-state index contributed by atoms with van der Waals surface area (Å²) < 4.78 is 75.6. The Balaban J connectivity index is 2.04. The Hall–Kier alpha value is -3.24. The van der Waals surface area contributed by atoms with Crippen LogP contribution in [0.5, 0.6) is 0 Å². The van der Waals surface area contributed by atoms with Crippen LogP contribution in [-0.4, -0.2) is 31.1 Å². The van der Waals surface area contributed by atoms with E-state index in [-0.39, 0.29) is 11.3 Å². The first-order valence-electron chi connectivity index (χ1n) is 8.52. The highest BCUT2D eigenvalue weighted by Gasteiger charge is 2.33. The zero-order valence-electron chi connectivity index (χ0n) is 15.5. The maximum Gasteiger partial charge on any atom is 0.418 e. The Morgan fingerprint density at radius 3 is 2.23 bits per heavy atom. The molecule has 0 spiro atoms. The highest BCUT2D eigenvalue weighted by Crippen LogP contribution is 2.34. The minimum absolute atomic E-state index is 0.0739. The van der Waals surface area contributed by atoms with Crippen molar-refractivity contribution in [3.63, 3.8) is 0 Å². The van der Waals surface area contributed by atoms with Crippen molar-refractivity contribution in [2.24, 2.45) is 0 Å². The summed E-state index contributed by atoms with van der Waals surface area (Å²) in [5.74, 6) is -1.74. The van der Waals surface area contributed by atoms with Crippen molar-refractivity contribution in [2.45, 2.75) is 19.3 Å². The topological polar surface area (TPSA) is 70.2 Å². The molecule has 0 fully saturated rings. The number of hydrogen-bond acceptors (Lipinski definition) is 3. The number of halogens is 6. The first-order chi connectivity index (χ1) is 13.9. The Kier molecular flexibility index (Phi) is 6.96. The van der Waals surface area contributed by atoms with Crippen LogP contribution in [0.15, 0.2) is 42.5 Å². The van der Waals surface area contributed by atoms with Crippen LogP contribution in [0.25, 0.3) is 0 Å². The van der Waals surface area contributed by atoms with E-state index in [9.17, 15) is 35.9 Å². The van der Waals surface area contributed by atoms with E-state index in [2.05, 4.69) is 10.6 Å². The van der Waals surface area contributed by atoms with Crippen molar-refractivity contribution in [3.8, 4) is 0 Å². The molecule has 162 valence electrons. The summed E-state index contributed by atoms with van der Waals surface area (Å²) in [6.07, 6.45) is -9.21. The molecule has 0 saturated carbocycles. The smallest absolute Gasteiger partial charge is 0.376 e. The van der Waals surface area contributed by atoms with Crippen LogP contribution >= 0.6 is 0 Å². The Morgan fingerprint density at radius 2 is 1.60 bits per heavy atom. The summed E-state index contributed by atoms with van der Waals surface area (Å²) in [5, 5.41) is 6.54. The highest BCUT2D eigenvalue weighted by atomic mass is 19.4. The average Bonchev–Trinajstić information content (AvgIpc) is 2.64. The molecule has 2 aromatic carbocycles. The second-order valence-electron chi connectivity index (χ2n) is 6.27. The molecular weight excluding hydrogens is 416 g/mol. The maximum absolute atomic E-state index is 13.0. The molecule has 0 heterocycles. The molecule has 2 rings (SSSR count). The van der Waals surface area contributed by atoms with Crippen LogP contribution in [0.3, 0.4) is 0 Å². The second-order valence-corrected chi connectivity index (χ2v) is 6.27. The zero-order chi connectivity index (χ0) is 22.5. The van der Waals surface area contributed by atoms with Gasteiger partial charge < -0.3 is 16.0 Å². The molecule has 0 unspecified atom stereocenters. The van der Waals surface area contributed by atoms with Gasteiger partial charge in [0, 0.05) is 11.3 Å². The van der Waals surface area contributed by atoms with Gasteiger partial charge >= 0.3 is 12.4 Å². The standard InChI is InChI=1S/C19H17F6N3O2/c1-11-6-7-12(17(30)27-10-18(20,21)22)8-15(11)26-9-16(29)28-14-5-3-2-4-13(14)19(23,24)25/h2-8,26H,9-10H2,1H3,(H,27,30)(H,28,29). The van der Waals surface area contributed by atoms with Crippen LogP contribution in [-0.2, 0) is 11.0 Å². The lowest BCUT2D eigenvalue weighted by atomic mass is 10.1. The van der Waals surface area contributed by atoms with E-state index in [0.717, 1.165) is 12.1 Å². The molecule has 3 N–H and O–H groups in total. The van der Waals surface area contributed by atoms with E-state index < -0.39 is 48.5 Å². The molecule has 0 radical (unpaired) electrons. The van der Waals surface area contributed by atoms with Crippen molar-refractivity contribution in [1.82, 2.24) is 5.32 Å². The molecule has 2 aromatic rings. The number of aryl methyl sites for hydroxylation is 1. The summed E-state index contributed by atoms with van der Waals surface area (Å²) in [4.78, 5) is 23.9. The summed E-state index contributed by atoms with van der Waals surface area (Å²) in [5.41, 5.74) is -0.637. The van der Waals surface area contributed by atoms with Crippen molar-refractivity contribution in [2.75, 3.05) is 23.7 Å². The van der Waals surface area contributed by atoms with Crippen molar-refractivity contribution >= 4 is 23.2 Å². The Labute approximate surface area is 167 Å². The molecule has 5 nitrogen and oxygen atoms in total. The van der Waals surface area contributed by atoms with E-state index in [1.807, 2.05) is 0 Å². The van der Waals surface area contributed by atoms with E-state index in [1.165, 1.54) is 30.3 Å². The van der Waals surface area contributed by atoms with E-state index in [4.69, 9.17) is 0 Å². The summed E-state index contributed by atoms with van der Waals surface area (Å²) in [7, 11) is 0. The highest BCUT2D eigenvalue weighted by molar-refractivity contribution is 5.96. The predicted molar refractivity (Wildman–Crippen MR) is 98.1 cm³/mol. The molecule has 0 aliphatic heterocycles. The first-order valence-corrected chi connectivity index (χ1v) is 8.52. The lowest BCUT2D eigenvalue weighted by Gasteiger charge is -2.15. The van der Waals surface area contributed by atoms with Crippen LogP contribution < -0.4 is 16.0 Å². The van der Waals surface area contributed by atoms with E-state index in [1.54, 1.807) is 12.2 Å². The summed E-state index contributed by atoms with van der Waals surface area (Å²) in [6, 6.07) is 8.49. The summed E-state index contributed by atoms with van der Waals surface area (Å²) in [6.45, 7) is -0.305. The van der Waals surface area contributed by atoms with Gasteiger partial charge in [-0.3, -0.25) is 9.59 Å². The fraction of sp³-hybridized carbons (Fsp3) is 0.263. The third-order valence-corrected chi connectivity index (χ3v) is 3.90. The molecule has 0 bridgehead atoms. The summed E-state index contributed by atoms with van der Waals surface area (Å²) >= 11 is 0. The molecule has 2 amide bonds. The number of carbonyl (C=O) groups is 2. The van der Waals surface area contributed by atoms with Crippen molar-refractivity contribution < 1.29 is 35.9 Å². The molecule has 0 aliphatic rings. The van der Waals surface area contributed by atoms with Crippen LogP contribution in [0.4, 0.5) is 37.7 Å². The minimum atomic E-state index is -4.65. The number of amides is 2. The number of benzene rings is 2. The first kappa shape index (κ1) is 23.0. The monoisotopic (exact) mass is 433 g/mol. The largest absolute Gasteiger partial charge is 0.418 e. The predicted octanol–water partition coefficient (Wildman–Crippen LogP) is 4.36. The van der Waals surface area contributed by atoms with E-state index in [0.29, 0.717) is 5.56 Å². The van der Waals surface area contributed by atoms with Crippen LogP contribution in [0, 0.1) is 6.92 Å². The van der Waals surface area contributed by atoms with Gasteiger partial charge in [-0.1, -0.05) is 18.2 Å². The van der Waals surface area contributed by atoms with Gasteiger partial charge in [0.25, 0.3) is 5.91 Å². The fourth-order valence-electron chi connectivity index (χ4n) is 2.45. The lowest BCUT2D eigenvalue weighted by Crippen LogP contribution is -2.33. The van der Waals surface area contributed by atoms with E-state index >= 15 is 0 Å². The molecular formula is C19H17F6N3O2. The Bertz CT molecular complexity index is 925. The second kappa shape index (κ2) is 9.06. The van der Waals surface area contributed by atoms with Gasteiger partial charge in [-0.25, -0.2) is 0 Å². The number of para-hydroxylation sites is 1. The van der Waals surface area contributed by atoms with Gasteiger partial charge in [-0.05, 0) is 36.8 Å². The third-order valence-electron chi connectivity index (χ3n) is 3.90. The normalized spacial score (nSPS) is 11.7. The van der Waals surface area contributed by atoms with Crippen LogP contribution in [0.2, 0.25) is 0 Å². The van der Waals surface area contributed by atoms with Gasteiger partial charge in [0.15, 0.2) is 0 Å². The molecule has 0 aliphatic carbocycles. The maximum atomic E-state index is 13.0. The zero-order valence-corrected chi connectivity index (χ0v) is 15.5. The van der Waals surface area contributed by atoms with Gasteiger partial charge in [-0.2, -0.15) is 26.3 Å². The van der Waals surface area contributed by atoms with Gasteiger partial charge in [-0.15, -0.1) is 0 Å². The van der Waals surface area contributed by atoms with Gasteiger partial charge in [0.2, 0.25) is 5.91 Å². The molecule has 30 heavy (non-hydrogen) atoms. The molecule has 11 heteroatoms. The number of carbonyl (C=O) groups excluding carboxylic acids is 2. The fourth-order valence-corrected chi connectivity index (χ4v) is 2.45. The number of nitrogens with one attached hydrogen (secondary N) is 3. The minimum Gasteiger partial charge on any atom is -0.376 e.